The number of hydrogen-bond acceptors (Lipinski definition) is 7. The standard InChI is InChI=1S/C25H34N2O5S/c1-8-10-26-19-13-20(31-7)17(11-18(19)15(3)14-25(26,5)6)12-21-22(28)27(24(30)33-21)16(4)23(29)32-9-2/h11-13,15-16H,8-10,14H2,1-7H3/b21-12-. The number of nitrogens with zero attached hydrogens (tertiary/aromatic N) is 2. The molecule has 2 aliphatic heterocycles. The average Bonchev–Trinajstić information content (AvgIpc) is 3.03. The van der Waals surface area contributed by atoms with Gasteiger partial charge in [0.25, 0.3) is 11.1 Å². The molecule has 0 radical (unpaired) electrons. The van der Waals surface area contributed by atoms with Crippen LogP contribution in [-0.2, 0) is 14.3 Å². The first-order valence-corrected chi connectivity index (χ1v) is 12.3. The Morgan fingerprint density at radius 1 is 1.30 bits per heavy atom. The molecule has 0 aromatic heterocycles. The van der Waals surface area contributed by atoms with Crippen molar-refractivity contribution < 1.29 is 23.9 Å². The Hall–Kier alpha value is -2.48. The second-order valence-electron chi connectivity index (χ2n) is 9.20. The maximum Gasteiger partial charge on any atom is 0.329 e. The number of esters is 1. The quantitative estimate of drug-likeness (QED) is 0.398. The Morgan fingerprint density at radius 3 is 2.61 bits per heavy atom. The summed E-state index contributed by atoms with van der Waals surface area (Å²) in [4.78, 5) is 41.3. The van der Waals surface area contributed by atoms with E-state index in [4.69, 9.17) is 9.47 Å². The van der Waals surface area contributed by atoms with Gasteiger partial charge in [-0.05, 0) is 75.9 Å². The van der Waals surface area contributed by atoms with Crippen LogP contribution in [0.1, 0.15) is 71.4 Å². The molecule has 2 heterocycles. The number of anilines is 1. The summed E-state index contributed by atoms with van der Waals surface area (Å²) in [6.45, 7) is 13.2. The van der Waals surface area contributed by atoms with E-state index < -0.39 is 23.2 Å². The molecule has 2 aliphatic rings. The molecule has 0 aliphatic carbocycles. The van der Waals surface area contributed by atoms with Crippen molar-refractivity contribution in [3.05, 3.63) is 28.2 Å². The maximum absolute atomic E-state index is 13.0. The minimum Gasteiger partial charge on any atom is -0.496 e. The lowest BCUT2D eigenvalue weighted by Gasteiger charge is -2.47. The van der Waals surface area contributed by atoms with Gasteiger partial charge in [0.15, 0.2) is 0 Å². The van der Waals surface area contributed by atoms with Gasteiger partial charge in [-0.1, -0.05) is 13.8 Å². The van der Waals surface area contributed by atoms with Crippen molar-refractivity contribution >= 4 is 40.6 Å². The maximum atomic E-state index is 13.0. The molecule has 2 amide bonds. The monoisotopic (exact) mass is 474 g/mol. The number of methoxy groups -OCH3 is 1. The molecule has 0 N–H and O–H groups in total. The molecule has 0 spiro atoms. The van der Waals surface area contributed by atoms with Crippen molar-refractivity contribution in [2.75, 3.05) is 25.2 Å². The van der Waals surface area contributed by atoms with Crippen LogP contribution in [0.2, 0.25) is 0 Å². The molecule has 1 saturated heterocycles. The molecular weight excluding hydrogens is 440 g/mol. The number of ether oxygens (including phenoxy) is 2. The van der Waals surface area contributed by atoms with E-state index in [9.17, 15) is 14.4 Å². The molecule has 2 unspecified atom stereocenters. The van der Waals surface area contributed by atoms with Gasteiger partial charge in [0.05, 0.1) is 18.6 Å². The second kappa shape index (κ2) is 9.79. The average molecular weight is 475 g/mol. The Kier molecular flexibility index (Phi) is 7.46. The molecule has 180 valence electrons. The largest absolute Gasteiger partial charge is 0.496 e. The van der Waals surface area contributed by atoms with Gasteiger partial charge in [-0.15, -0.1) is 0 Å². The third-order valence-electron chi connectivity index (χ3n) is 6.31. The van der Waals surface area contributed by atoms with Gasteiger partial charge >= 0.3 is 5.97 Å². The van der Waals surface area contributed by atoms with Crippen LogP contribution in [0.4, 0.5) is 10.5 Å². The Balaban J connectivity index is 2.01. The number of benzene rings is 1. The summed E-state index contributed by atoms with van der Waals surface area (Å²) in [5.74, 6) is -0.114. The van der Waals surface area contributed by atoms with Gasteiger partial charge in [0.2, 0.25) is 0 Å². The zero-order valence-corrected chi connectivity index (χ0v) is 21.4. The van der Waals surface area contributed by atoms with Crippen LogP contribution in [-0.4, -0.2) is 53.9 Å². The van der Waals surface area contributed by atoms with Crippen molar-refractivity contribution in [3.8, 4) is 5.75 Å². The molecule has 0 bridgehead atoms. The molecule has 7 nitrogen and oxygen atoms in total. The summed E-state index contributed by atoms with van der Waals surface area (Å²) in [5.41, 5.74) is 3.13. The summed E-state index contributed by atoms with van der Waals surface area (Å²) >= 11 is 0.831. The van der Waals surface area contributed by atoms with Gasteiger partial charge in [0, 0.05) is 29.4 Å². The third-order valence-corrected chi connectivity index (χ3v) is 7.19. The van der Waals surface area contributed by atoms with E-state index in [1.54, 1.807) is 20.1 Å². The minimum atomic E-state index is -0.973. The van der Waals surface area contributed by atoms with E-state index in [1.165, 1.54) is 12.5 Å². The highest BCUT2D eigenvalue weighted by Crippen LogP contribution is 2.46. The summed E-state index contributed by atoms with van der Waals surface area (Å²) in [7, 11) is 1.61. The number of carbonyl (C=O) groups is 3. The van der Waals surface area contributed by atoms with Gasteiger partial charge in [-0.2, -0.15) is 0 Å². The summed E-state index contributed by atoms with van der Waals surface area (Å²) in [5, 5.41) is -0.479. The molecule has 2 atom stereocenters. The number of thioether (sulfide) groups is 1. The van der Waals surface area contributed by atoms with Crippen LogP contribution in [0, 0.1) is 0 Å². The predicted octanol–water partition coefficient (Wildman–Crippen LogP) is 5.19. The number of hydrogen-bond donors (Lipinski definition) is 0. The highest BCUT2D eigenvalue weighted by molar-refractivity contribution is 8.18. The van der Waals surface area contributed by atoms with Crippen LogP contribution in [0.3, 0.4) is 0 Å². The highest BCUT2D eigenvalue weighted by atomic mass is 32.2. The number of rotatable bonds is 7. The second-order valence-corrected chi connectivity index (χ2v) is 10.2. The van der Waals surface area contributed by atoms with Crippen LogP contribution >= 0.6 is 11.8 Å². The van der Waals surface area contributed by atoms with E-state index in [1.807, 2.05) is 6.07 Å². The fourth-order valence-electron chi connectivity index (χ4n) is 4.79. The zero-order chi connectivity index (χ0) is 24.5. The topological polar surface area (TPSA) is 76.2 Å². The van der Waals surface area contributed by atoms with Crippen LogP contribution in [0.5, 0.6) is 5.75 Å². The number of carbonyl (C=O) groups excluding carboxylic acids is 3. The van der Waals surface area contributed by atoms with E-state index in [2.05, 4.69) is 38.7 Å². The molecular formula is C25H34N2O5S. The Labute approximate surface area is 200 Å². The summed E-state index contributed by atoms with van der Waals surface area (Å²) < 4.78 is 10.7. The number of imide groups is 1. The van der Waals surface area contributed by atoms with Crippen molar-refractivity contribution in [2.45, 2.75) is 71.9 Å². The SMILES string of the molecule is CCCN1c2cc(OC)c(/C=C3\SC(=O)N(C(C)C(=O)OCC)C3=O)cc2C(C)CC1(C)C. The number of amides is 2. The molecule has 1 aromatic rings. The lowest BCUT2D eigenvalue weighted by molar-refractivity contribution is -0.150. The highest BCUT2D eigenvalue weighted by Gasteiger charge is 2.42. The van der Waals surface area contributed by atoms with Crippen LogP contribution < -0.4 is 9.64 Å². The van der Waals surface area contributed by atoms with Gasteiger partial charge < -0.3 is 14.4 Å². The van der Waals surface area contributed by atoms with E-state index >= 15 is 0 Å². The smallest absolute Gasteiger partial charge is 0.329 e. The summed E-state index contributed by atoms with van der Waals surface area (Å²) in [6.07, 6.45) is 3.74. The van der Waals surface area contributed by atoms with E-state index in [-0.39, 0.29) is 17.1 Å². The Bertz CT molecular complexity index is 987. The van der Waals surface area contributed by atoms with Crippen molar-refractivity contribution in [1.29, 1.82) is 0 Å². The van der Waals surface area contributed by atoms with Gasteiger partial charge in [-0.3, -0.25) is 14.5 Å². The molecule has 1 aromatic carbocycles. The van der Waals surface area contributed by atoms with Crippen molar-refractivity contribution in [1.82, 2.24) is 4.90 Å². The fraction of sp³-hybridized carbons (Fsp3) is 0.560. The first kappa shape index (κ1) is 25.1. The molecule has 33 heavy (non-hydrogen) atoms. The fourth-order valence-corrected chi connectivity index (χ4v) is 5.69. The van der Waals surface area contributed by atoms with Crippen molar-refractivity contribution in [3.63, 3.8) is 0 Å². The normalized spacial score (nSPS) is 21.9. The van der Waals surface area contributed by atoms with Crippen molar-refractivity contribution in [2.24, 2.45) is 0 Å². The zero-order valence-electron chi connectivity index (χ0n) is 20.6. The molecule has 0 saturated carbocycles. The predicted molar refractivity (Wildman–Crippen MR) is 132 cm³/mol. The number of fused-ring (bicyclic) bond motifs is 1. The van der Waals surface area contributed by atoms with Crippen LogP contribution in [0.15, 0.2) is 17.0 Å². The van der Waals surface area contributed by atoms with E-state index in [0.717, 1.165) is 47.3 Å². The van der Waals surface area contributed by atoms with Gasteiger partial charge in [-0.25, -0.2) is 4.79 Å². The Morgan fingerprint density at radius 2 is 2.00 bits per heavy atom. The van der Waals surface area contributed by atoms with E-state index in [0.29, 0.717) is 11.7 Å². The molecule has 1 fully saturated rings. The van der Waals surface area contributed by atoms with Crippen LogP contribution in [0.25, 0.3) is 6.08 Å². The molecule has 3 rings (SSSR count). The third kappa shape index (κ3) is 4.76. The lowest BCUT2D eigenvalue weighted by Crippen LogP contribution is -2.48. The molecule has 8 heteroatoms. The minimum absolute atomic E-state index is 0.0286. The lowest BCUT2D eigenvalue weighted by atomic mass is 9.79. The summed E-state index contributed by atoms with van der Waals surface area (Å²) in [6, 6.07) is 3.14. The van der Waals surface area contributed by atoms with Gasteiger partial charge in [0.1, 0.15) is 11.8 Å². The first-order chi connectivity index (χ1) is 15.5. The first-order valence-electron chi connectivity index (χ1n) is 11.5.